The second kappa shape index (κ2) is 6.61. The highest BCUT2D eigenvalue weighted by molar-refractivity contribution is 5.76. The van der Waals surface area contributed by atoms with Crippen molar-refractivity contribution in [2.75, 3.05) is 6.54 Å². The predicted octanol–water partition coefficient (Wildman–Crippen LogP) is 2.07. The summed E-state index contributed by atoms with van der Waals surface area (Å²) in [5, 5.41) is 11.7. The molecule has 1 aliphatic carbocycles. The number of rotatable bonds is 7. The third kappa shape index (κ3) is 4.55. The zero-order valence-corrected chi connectivity index (χ0v) is 11.5. The van der Waals surface area contributed by atoms with Crippen LogP contribution in [0.25, 0.3) is 0 Å². The van der Waals surface area contributed by atoms with Crippen LogP contribution >= 0.6 is 0 Å². The summed E-state index contributed by atoms with van der Waals surface area (Å²) in [6.45, 7) is 6.49. The summed E-state index contributed by atoms with van der Waals surface area (Å²) in [4.78, 5) is 24.4. The number of carbonyl (C=O) groups excluding carboxylic acids is 1. The highest BCUT2D eigenvalue weighted by Crippen LogP contribution is 2.27. The third-order valence-corrected chi connectivity index (χ3v) is 3.66. The molecule has 0 bridgehead atoms. The number of aliphatic carboxylic acids is 1. The van der Waals surface area contributed by atoms with Crippen molar-refractivity contribution in [3.8, 4) is 0 Å². The topological polar surface area (TPSA) is 69.6 Å². The number of carboxylic acid groups (broad SMARTS) is 1. The first-order valence-corrected chi connectivity index (χ1v) is 6.74. The van der Waals surface area contributed by atoms with Crippen LogP contribution in [0.2, 0.25) is 0 Å². The maximum Gasteiger partial charge on any atom is 0.317 e. The SMILES string of the molecule is CCC(C)C(C)NC(=O)N(CCC(=O)O)C1CC1. The molecule has 1 saturated carbocycles. The van der Waals surface area contributed by atoms with Gasteiger partial charge in [0.1, 0.15) is 0 Å². The van der Waals surface area contributed by atoms with Crippen LogP contribution in [-0.4, -0.2) is 40.6 Å². The summed E-state index contributed by atoms with van der Waals surface area (Å²) in [5.74, 6) is -0.432. The third-order valence-electron chi connectivity index (χ3n) is 3.66. The summed E-state index contributed by atoms with van der Waals surface area (Å²) in [5.41, 5.74) is 0. The van der Waals surface area contributed by atoms with Gasteiger partial charge in [-0.1, -0.05) is 20.3 Å². The molecule has 0 radical (unpaired) electrons. The first-order valence-electron chi connectivity index (χ1n) is 6.74. The second-order valence-electron chi connectivity index (χ2n) is 5.19. The molecule has 0 saturated heterocycles. The van der Waals surface area contributed by atoms with Crippen molar-refractivity contribution in [1.82, 2.24) is 10.2 Å². The number of nitrogens with zero attached hydrogens (tertiary/aromatic N) is 1. The fourth-order valence-electron chi connectivity index (χ4n) is 1.83. The molecular formula is C13H24N2O3. The molecule has 0 aliphatic heterocycles. The van der Waals surface area contributed by atoms with Crippen LogP contribution in [0.4, 0.5) is 4.79 Å². The normalized spacial score (nSPS) is 17.9. The summed E-state index contributed by atoms with van der Waals surface area (Å²) in [7, 11) is 0. The minimum absolute atomic E-state index is 0.0155. The van der Waals surface area contributed by atoms with Gasteiger partial charge in [-0.2, -0.15) is 0 Å². The maximum atomic E-state index is 12.1. The number of urea groups is 1. The lowest BCUT2D eigenvalue weighted by Gasteiger charge is -2.27. The summed E-state index contributed by atoms with van der Waals surface area (Å²) in [6, 6.07) is 0.244. The van der Waals surface area contributed by atoms with Crippen LogP contribution < -0.4 is 5.32 Å². The van der Waals surface area contributed by atoms with E-state index in [9.17, 15) is 9.59 Å². The van der Waals surface area contributed by atoms with E-state index in [-0.39, 0.29) is 24.5 Å². The number of hydrogen-bond acceptors (Lipinski definition) is 2. The molecule has 0 heterocycles. The molecule has 2 atom stereocenters. The van der Waals surface area contributed by atoms with Crippen molar-refractivity contribution in [1.29, 1.82) is 0 Å². The van der Waals surface area contributed by atoms with Crippen LogP contribution in [0.1, 0.15) is 46.5 Å². The van der Waals surface area contributed by atoms with Gasteiger partial charge in [0.05, 0.1) is 6.42 Å². The van der Waals surface area contributed by atoms with Crippen molar-refractivity contribution in [3.63, 3.8) is 0 Å². The highest BCUT2D eigenvalue weighted by atomic mass is 16.4. The number of nitrogens with one attached hydrogen (secondary N) is 1. The average Bonchev–Trinajstić information content (AvgIpc) is 3.12. The molecule has 0 aromatic rings. The van der Waals surface area contributed by atoms with E-state index in [4.69, 9.17) is 5.11 Å². The van der Waals surface area contributed by atoms with Crippen molar-refractivity contribution >= 4 is 12.0 Å². The minimum atomic E-state index is -0.858. The van der Waals surface area contributed by atoms with E-state index in [0.717, 1.165) is 19.3 Å². The largest absolute Gasteiger partial charge is 0.481 e. The van der Waals surface area contributed by atoms with E-state index in [2.05, 4.69) is 19.2 Å². The van der Waals surface area contributed by atoms with E-state index >= 15 is 0 Å². The number of carboxylic acids is 1. The fourth-order valence-corrected chi connectivity index (χ4v) is 1.83. The minimum Gasteiger partial charge on any atom is -0.481 e. The zero-order valence-electron chi connectivity index (χ0n) is 11.5. The maximum absolute atomic E-state index is 12.1. The molecule has 0 aromatic carbocycles. The summed E-state index contributed by atoms with van der Waals surface area (Å²) in [6.07, 6.45) is 3.01. The van der Waals surface area contributed by atoms with Gasteiger partial charge >= 0.3 is 12.0 Å². The van der Waals surface area contributed by atoms with E-state index in [1.165, 1.54) is 0 Å². The number of hydrogen-bond donors (Lipinski definition) is 2. The first kappa shape index (κ1) is 14.8. The molecular weight excluding hydrogens is 232 g/mol. The van der Waals surface area contributed by atoms with Crippen LogP contribution in [0.15, 0.2) is 0 Å². The molecule has 0 spiro atoms. The number of amides is 2. The van der Waals surface area contributed by atoms with Gasteiger partial charge in [0, 0.05) is 18.6 Å². The lowest BCUT2D eigenvalue weighted by Crippen LogP contribution is -2.47. The molecule has 5 heteroatoms. The van der Waals surface area contributed by atoms with Gasteiger partial charge < -0.3 is 15.3 Å². The Kier molecular flexibility index (Phi) is 5.44. The lowest BCUT2D eigenvalue weighted by atomic mass is 10.0. The van der Waals surface area contributed by atoms with Crippen molar-refractivity contribution < 1.29 is 14.7 Å². The standard InChI is InChI=1S/C13H24N2O3/c1-4-9(2)10(3)14-13(18)15(11-5-6-11)8-7-12(16)17/h9-11H,4-8H2,1-3H3,(H,14,18)(H,16,17). The molecule has 2 unspecified atom stereocenters. The van der Waals surface area contributed by atoms with Crippen LogP contribution in [0.3, 0.4) is 0 Å². The van der Waals surface area contributed by atoms with Gasteiger partial charge in [0.25, 0.3) is 0 Å². The molecule has 1 fully saturated rings. The van der Waals surface area contributed by atoms with E-state index < -0.39 is 5.97 Å². The predicted molar refractivity (Wildman–Crippen MR) is 69.4 cm³/mol. The zero-order chi connectivity index (χ0) is 13.7. The van der Waals surface area contributed by atoms with Crippen LogP contribution in [0.5, 0.6) is 0 Å². The molecule has 1 aliphatic rings. The van der Waals surface area contributed by atoms with Crippen LogP contribution in [0, 0.1) is 5.92 Å². The lowest BCUT2D eigenvalue weighted by molar-refractivity contribution is -0.137. The monoisotopic (exact) mass is 256 g/mol. The molecule has 1 rings (SSSR count). The van der Waals surface area contributed by atoms with Crippen molar-refractivity contribution in [3.05, 3.63) is 0 Å². The second-order valence-corrected chi connectivity index (χ2v) is 5.19. The van der Waals surface area contributed by atoms with Gasteiger partial charge in [-0.05, 0) is 25.7 Å². The summed E-state index contributed by atoms with van der Waals surface area (Å²) >= 11 is 0. The van der Waals surface area contributed by atoms with Gasteiger partial charge in [0.15, 0.2) is 0 Å². The fraction of sp³-hybridized carbons (Fsp3) is 0.846. The molecule has 2 amide bonds. The number of carbonyl (C=O) groups is 2. The van der Waals surface area contributed by atoms with E-state index in [1.807, 2.05) is 6.92 Å². The Morgan fingerprint density at radius 1 is 1.39 bits per heavy atom. The average molecular weight is 256 g/mol. The molecule has 18 heavy (non-hydrogen) atoms. The smallest absolute Gasteiger partial charge is 0.317 e. The van der Waals surface area contributed by atoms with Gasteiger partial charge in [0.2, 0.25) is 0 Å². The first-order chi connectivity index (χ1) is 8.45. The molecule has 2 N–H and O–H groups in total. The Labute approximate surface area is 109 Å². The quantitative estimate of drug-likeness (QED) is 0.732. The Morgan fingerprint density at radius 3 is 2.44 bits per heavy atom. The van der Waals surface area contributed by atoms with E-state index in [1.54, 1.807) is 4.90 Å². The molecule has 5 nitrogen and oxygen atoms in total. The van der Waals surface area contributed by atoms with Gasteiger partial charge in [-0.25, -0.2) is 4.79 Å². The Bertz CT molecular complexity index is 303. The Morgan fingerprint density at radius 2 is 2.00 bits per heavy atom. The molecule has 0 aromatic heterocycles. The van der Waals surface area contributed by atoms with Gasteiger partial charge in [-0.15, -0.1) is 0 Å². The Balaban J connectivity index is 2.46. The van der Waals surface area contributed by atoms with Crippen molar-refractivity contribution in [2.45, 2.75) is 58.5 Å². The van der Waals surface area contributed by atoms with Gasteiger partial charge in [-0.3, -0.25) is 4.79 Å². The molecule has 104 valence electrons. The van der Waals surface area contributed by atoms with Crippen LogP contribution in [-0.2, 0) is 4.79 Å². The highest BCUT2D eigenvalue weighted by Gasteiger charge is 2.33. The van der Waals surface area contributed by atoms with Crippen molar-refractivity contribution in [2.24, 2.45) is 5.92 Å². The summed E-state index contributed by atoms with van der Waals surface area (Å²) < 4.78 is 0. The Hall–Kier alpha value is -1.26. The van der Waals surface area contributed by atoms with E-state index in [0.29, 0.717) is 12.5 Å².